The lowest BCUT2D eigenvalue weighted by Crippen LogP contribution is -2.45. The summed E-state index contributed by atoms with van der Waals surface area (Å²) in [6.07, 6.45) is 0. The van der Waals surface area contributed by atoms with Gasteiger partial charge in [-0.05, 0) is 26.0 Å². The van der Waals surface area contributed by atoms with Gasteiger partial charge >= 0.3 is 0 Å². The lowest BCUT2D eigenvalue weighted by atomic mass is 10.0. The minimum absolute atomic E-state index is 0.173. The van der Waals surface area contributed by atoms with E-state index in [9.17, 15) is 4.39 Å². The molecule has 2 nitrogen and oxygen atoms in total. The fourth-order valence-electron chi connectivity index (χ4n) is 1.85. The normalized spacial score (nSPS) is 25.6. The van der Waals surface area contributed by atoms with E-state index in [0.29, 0.717) is 11.7 Å². The van der Waals surface area contributed by atoms with Gasteiger partial charge in [0.2, 0.25) is 0 Å². The maximum Gasteiger partial charge on any atom is 0.148 e. The Morgan fingerprint density at radius 1 is 1.36 bits per heavy atom. The predicted octanol–water partition coefficient (Wildman–Crippen LogP) is 2.46. The summed E-state index contributed by atoms with van der Waals surface area (Å²) in [6.45, 7) is 4.20. The van der Waals surface area contributed by atoms with E-state index in [1.54, 1.807) is 6.07 Å². The van der Waals surface area contributed by atoms with Gasteiger partial charge in [-0.1, -0.05) is 6.07 Å². The van der Waals surface area contributed by atoms with Crippen molar-refractivity contribution >= 4 is 11.4 Å². The number of anilines is 2. The van der Waals surface area contributed by atoms with Gasteiger partial charge in [0.15, 0.2) is 0 Å². The molecule has 0 spiro atoms. The highest BCUT2D eigenvalue weighted by atomic mass is 19.1. The van der Waals surface area contributed by atoms with Crippen LogP contribution in [0.1, 0.15) is 13.8 Å². The Morgan fingerprint density at radius 3 is 2.79 bits per heavy atom. The van der Waals surface area contributed by atoms with Crippen molar-refractivity contribution in [1.82, 2.24) is 0 Å². The van der Waals surface area contributed by atoms with Gasteiger partial charge in [-0.25, -0.2) is 4.39 Å². The van der Waals surface area contributed by atoms with Gasteiger partial charge in [0, 0.05) is 19.1 Å². The molecule has 3 heteroatoms. The number of nitrogens with one attached hydrogen (secondary N) is 1. The van der Waals surface area contributed by atoms with Crippen LogP contribution in [0, 0.1) is 5.82 Å². The lowest BCUT2D eigenvalue weighted by Gasteiger charge is -2.39. The minimum Gasteiger partial charge on any atom is -0.376 e. The van der Waals surface area contributed by atoms with Crippen LogP contribution >= 0.6 is 0 Å². The van der Waals surface area contributed by atoms with Gasteiger partial charge in [-0.2, -0.15) is 0 Å². The Kier molecular flexibility index (Phi) is 2.10. The molecule has 1 aliphatic heterocycles. The fourth-order valence-corrected chi connectivity index (χ4v) is 1.85. The summed E-state index contributed by atoms with van der Waals surface area (Å²) in [5, 5.41) is 3.19. The molecule has 0 amide bonds. The number of rotatable bonds is 0. The highest BCUT2D eigenvalue weighted by Gasteiger charge is 2.26. The highest BCUT2D eigenvalue weighted by molar-refractivity contribution is 5.73. The summed E-state index contributed by atoms with van der Waals surface area (Å²) >= 11 is 0. The average molecular weight is 194 g/mol. The molecule has 1 heterocycles. The van der Waals surface area contributed by atoms with E-state index in [1.807, 2.05) is 13.1 Å². The van der Waals surface area contributed by atoms with Crippen molar-refractivity contribution in [2.24, 2.45) is 0 Å². The standard InChI is InChI=1S/C11H15FN2/c1-7-8(2)14(3)10-6-4-5-9(12)11(10)13-7/h4-8,13H,1-3H3. The number of hydrogen-bond donors (Lipinski definition) is 1. The molecule has 2 atom stereocenters. The molecule has 76 valence electrons. The van der Waals surface area contributed by atoms with Crippen molar-refractivity contribution in [3.63, 3.8) is 0 Å². The molecular formula is C11H15FN2. The minimum atomic E-state index is -0.173. The first-order chi connectivity index (χ1) is 6.61. The molecule has 1 aliphatic rings. The monoisotopic (exact) mass is 194 g/mol. The third-order valence-corrected chi connectivity index (χ3v) is 3.08. The summed E-state index contributed by atoms with van der Waals surface area (Å²) in [5.74, 6) is -0.173. The topological polar surface area (TPSA) is 15.3 Å². The Hall–Kier alpha value is -1.25. The third kappa shape index (κ3) is 1.24. The number of halogens is 1. The Morgan fingerprint density at radius 2 is 2.07 bits per heavy atom. The quantitative estimate of drug-likeness (QED) is 0.682. The first-order valence-corrected chi connectivity index (χ1v) is 4.89. The molecule has 0 radical (unpaired) electrons. The largest absolute Gasteiger partial charge is 0.376 e. The van der Waals surface area contributed by atoms with E-state index in [-0.39, 0.29) is 11.9 Å². The van der Waals surface area contributed by atoms with E-state index in [2.05, 4.69) is 24.1 Å². The van der Waals surface area contributed by atoms with E-state index in [1.165, 1.54) is 6.07 Å². The number of likely N-dealkylation sites (N-methyl/N-ethyl adjacent to an activating group) is 1. The van der Waals surface area contributed by atoms with Crippen LogP contribution in [0.5, 0.6) is 0 Å². The number of nitrogens with zero attached hydrogens (tertiary/aromatic N) is 1. The van der Waals surface area contributed by atoms with Crippen molar-refractivity contribution in [2.75, 3.05) is 17.3 Å². The summed E-state index contributed by atoms with van der Waals surface area (Å²) in [5.41, 5.74) is 1.57. The maximum atomic E-state index is 13.5. The van der Waals surface area contributed by atoms with Crippen LogP contribution in [-0.2, 0) is 0 Å². The zero-order valence-electron chi connectivity index (χ0n) is 8.71. The second kappa shape index (κ2) is 3.15. The van der Waals surface area contributed by atoms with Crippen LogP contribution in [0.4, 0.5) is 15.8 Å². The summed E-state index contributed by atoms with van der Waals surface area (Å²) in [6, 6.07) is 5.82. The lowest BCUT2D eigenvalue weighted by molar-refractivity contribution is 0.567. The first kappa shape index (κ1) is 9.31. The Labute approximate surface area is 83.7 Å². The molecule has 0 bridgehead atoms. The van der Waals surface area contributed by atoms with Crippen LogP contribution in [0.15, 0.2) is 18.2 Å². The summed E-state index contributed by atoms with van der Waals surface area (Å²) < 4.78 is 13.5. The molecule has 0 aliphatic carbocycles. The number of para-hydroxylation sites is 1. The number of benzene rings is 1. The summed E-state index contributed by atoms with van der Waals surface area (Å²) in [4.78, 5) is 2.11. The van der Waals surface area contributed by atoms with Crippen molar-refractivity contribution in [3.05, 3.63) is 24.0 Å². The average Bonchev–Trinajstić information content (AvgIpc) is 2.17. The summed E-state index contributed by atoms with van der Waals surface area (Å²) in [7, 11) is 2.00. The predicted molar refractivity (Wildman–Crippen MR) is 57.3 cm³/mol. The van der Waals surface area contributed by atoms with E-state index < -0.39 is 0 Å². The molecule has 1 aromatic rings. The molecule has 0 fully saturated rings. The van der Waals surface area contributed by atoms with Crippen LogP contribution in [0.2, 0.25) is 0 Å². The number of hydrogen-bond acceptors (Lipinski definition) is 2. The van der Waals surface area contributed by atoms with E-state index in [0.717, 1.165) is 5.69 Å². The molecular weight excluding hydrogens is 179 g/mol. The maximum absolute atomic E-state index is 13.5. The highest BCUT2D eigenvalue weighted by Crippen LogP contribution is 2.34. The van der Waals surface area contributed by atoms with Crippen LogP contribution in [0.25, 0.3) is 0 Å². The van der Waals surface area contributed by atoms with Crippen LogP contribution in [-0.4, -0.2) is 19.1 Å². The van der Waals surface area contributed by atoms with E-state index in [4.69, 9.17) is 0 Å². The van der Waals surface area contributed by atoms with Gasteiger partial charge in [0.1, 0.15) is 5.82 Å². The van der Waals surface area contributed by atoms with Crippen molar-refractivity contribution in [1.29, 1.82) is 0 Å². The van der Waals surface area contributed by atoms with Crippen molar-refractivity contribution < 1.29 is 4.39 Å². The molecule has 0 saturated carbocycles. The van der Waals surface area contributed by atoms with E-state index >= 15 is 0 Å². The third-order valence-electron chi connectivity index (χ3n) is 3.08. The molecule has 1 N–H and O–H groups in total. The molecule has 2 rings (SSSR count). The SMILES string of the molecule is CC1Nc2c(F)cccc2N(C)C1C. The molecule has 0 aromatic heterocycles. The van der Waals surface area contributed by atoms with Crippen LogP contribution < -0.4 is 10.2 Å². The zero-order chi connectivity index (χ0) is 10.3. The second-order valence-corrected chi connectivity index (χ2v) is 3.92. The molecule has 14 heavy (non-hydrogen) atoms. The fraction of sp³-hybridized carbons (Fsp3) is 0.455. The van der Waals surface area contributed by atoms with Crippen LogP contribution in [0.3, 0.4) is 0 Å². The van der Waals surface area contributed by atoms with Gasteiger partial charge in [0.25, 0.3) is 0 Å². The number of fused-ring (bicyclic) bond motifs is 1. The molecule has 2 unspecified atom stereocenters. The van der Waals surface area contributed by atoms with Crippen molar-refractivity contribution in [2.45, 2.75) is 25.9 Å². The zero-order valence-corrected chi connectivity index (χ0v) is 8.71. The van der Waals surface area contributed by atoms with Gasteiger partial charge < -0.3 is 10.2 Å². The smallest absolute Gasteiger partial charge is 0.148 e. The van der Waals surface area contributed by atoms with Crippen molar-refractivity contribution in [3.8, 4) is 0 Å². The van der Waals surface area contributed by atoms with Gasteiger partial charge in [-0.15, -0.1) is 0 Å². The molecule has 1 aromatic carbocycles. The van der Waals surface area contributed by atoms with Gasteiger partial charge in [0.05, 0.1) is 11.4 Å². The van der Waals surface area contributed by atoms with Gasteiger partial charge in [-0.3, -0.25) is 0 Å². The second-order valence-electron chi connectivity index (χ2n) is 3.92. The Balaban J connectivity index is 2.50. The Bertz CT molecular complexity index is 351. The first-order valence-electron chi connectivity index (χ1n) is 4.89. The molecule has 0 saturated heterocycles.